The number of carbonyl (C=O) groups is 1. The number of ketones is 1. The molecule has 1 nitrogen and oxygen atoms in total. The van der Waals surface area contributed by atoms with E-state index in [1.54, 1.807) is 0 Å². The van der Waals surface area contributed by atoms with Crippen LogP contribution in [0, 0.1) is 5.92 Å². The molecule has 0 heterocycles. The van der Waals surface area contributed by atoms with Gasteiger partial charge in [0.25, 0.3) is 0 Å². The predicted molar refractivity (Wildman–Crippen MR) is 62.3 cm³/mol. The summed E-state index contributed by atoms with van der Waals surface area (Å²) in [6, 6.07) is 6.43. The predicted octanol–water partition coefficient (Wildman–Crippen LogP) is 3.40. The summed E-state index contributed by atoms with van der Waals surface area (Å²) in [5.74, 6) is 1.04. The van der Waals surface area contributed by atoms with Crippen LogP contribution in [-0.2, 0) is 12.8 Å². The molecule has 0 fully saturated rings. The molecule has 1 aliphatic rings. The van der Waals surface area contributed by atoms with Crippen molar-refractivity contribution in [2.45, 2.75) is 39.5 Å². The Kier molecular flexibility index (Phi) is 2.90. The third-order valence-corrected chi connectivity index (χ3v) is 3.38. The first-order valence-electron chi connectivity index (χ1n) is 5.85. The molecule has 0 aromatic heterocycles. The van der Waals surface area contributed by atoms with Gasteiger partial charge in [0, 0.05) is 12.0 Å². The van der Waals surface area contributed by atoms with Crippen LogP contribution in [0.25, 0.3) is 0 Å². The zero-order chi connectivity index (χ0) is 10.8. The van der Waals surface area contributed by atoms with Crippen LogP contribution in [0.1, 0.15) is 48.2 Å². The van der Waals surface area contributed by atoms with E-state index in [-0.39, 0.29) is 0 Å². The summed E-state index contributed by atoms with van der Waals surface area (Å²) in [5.41, 5.74) is 3.54. The fourth-order valence-corrected chi connectivity index (χ4v) is 2.16. The summed E-state index contributed by atoms with van der Waals surface area (Å²) >= 11 is 0. The molecule has 1 heteroatoms. The van der Waals surface area contributed by atoms with Gasteiger partial charge in [-0.15, -0.1) is 0 Å². The van der Waals surface area contributed by atoms with Crippen molar-refractivity contribution in [1.82, 2.24) is 0 Å². The Labute approximate surface area is 91.5 Å². The van der Waals surface area contributed by atoms with Gasteiger partial charge in [-0.25, -0.2) is 0 Å². The summed E-state index contributed by atoms with van der Waals surface area (Å²) < 4.78 is 0. The maximum Gasteiger partial charge on any atom is 0.163 e. The van der Waals surface area contributed by atoms with E-state index >= 15 is 0 Å². The van der Waals surface area contributed by atoms with Crippen molar-refractivity contribution in [2.75, 3.05) is 0 Å². The number of rotatable bonds is 3. The molecule has 1 aromatic carbocycles. The van der Waals surface area contributed by atoms with Crippen LogP contribution in [-0.4, -0.2) is 5.78 Å². The Bertz CT molecular complexity index is 379. The van der Waals surface area contributed by atoms with Gasteiger partial charge in [0.2, 0.25) is 0 Å². The van der Waals surface area contributed by atoms with Crippen LogP contribution in [0.4, 0.5) is 0 Å². The fraction of sp³-hybridized carbons (Fsp3) is 0.500. The van der Waals surface area contributed by atoms with Crippen molar-refractivity contribution in [3.63, 3.8) is 0 Å². The Morgan fingerprint density at radius 3 is 2.87 bits per heavy atom. The third-order valence-electron chi connectivity index (χ3n) is 3.38. The van der Waals surface area contributed by atoms with Gasteiger partial charge in [-0.2, -0.15) is 0 Å². The molecular formula is C14H18O. The topological polar surface area (TPSA) is 17.1 Å². The molecule has 2 rings (SSSR count). The van der Waals surface area contributed by atoms with Gasteiger partial charge < -0.3 is 0 Å². The van der Waals surface area contributed by atoms with E-state index in [4.69, 9.17) is 0 Å². The number of aryl methyl sites for hydroxylation is 1. The highest BCUT2D eigenvalue weighted by Gasteiger charge is 2.19. The molecule has 1 atom stereocenters. The van der Waals surface area contributed by atoms with E-state index in [9.17, 15) is 4.79 Å². The second-order valence-electron chi connectivity index (χ2n) is 4.63. The van der Waals surface area contributed by atoms with Gasteiger partial charge in [-0.05, 0) is 36.0 Å². The number of fused-ring (bicyclic) bond motifs is 1. The van der Waals surface area contributed by atoms with Gasteiger partial charge in [0.05, 0.1) is 0 Å². The second kappa shape index (κ2) is 4.18. The highest BCUT2D eigenvalue weighted by Crippen LogP contribution is 2.24. The molecule has 0 saturated carbocycles. The molecule has 0 N–H and O–H groups in total. The Morgan fingerprint density at radius 1 is 1.33 bits per heavy atom. The van der Waals surface area contributed by atoms with Gasteiger partial charge in [0.15, 0.2) is 5.78 Å². The average Bonchev–Trinajstić information content (AvgIpc) is 2.60. The van der Waals surface area contributed by atoms with Crippen LogP contribution in [0.15, 0.2) is 18.2 Å². The first kappa shape index (κ1) is 10.4. The summed E-state index contributed by atoms with van der Waals surface area (Å²) in [7, 11) is 0. The minimum atomic E-state index is 0.330. The molecule has 1 aromatic rings. The first-order chi connectivity index (χ1) is 7.20. The van der Waals surface area contributed by atoms with E-state index < -0.39 is 0 Å². The molecule has 0 aliphatic heterocycles. The monoisotopic (exact) mass is 202 g/mol. The summed E-state index contributed by atoms with van der Waals surface area (Å²) in [5, 5.41) is 0. The van der Waals surface area contributed by atoms with Crippen molar-refractivity contribution in [3.8, 4) is 0 Å². The number of Topliss-reactive ketones (excluding diaryl/α,β-unsaturated/α-hetero) is 1. The minimum absolute atomic E-state index is 0.330. The smallest absolute Gasteiger partial charge is 0.163 e. The largest absolute Gasteiger partial charge is 0.294 e. The van der Waals surface area contributed by atoms with E-state index in [1.165, 1.54) is 17.5 Å². The van der Waals surface area contributed by atoms with Crippen LogP contribution in [0.3, 0.4) is 0 Å². The lowest BCUT2D eigenvalue weighted by Crippen LogP contribution is -2.00. The molecule has 1 aliphatic carbocycles. The Balaban J connectivity index is 2.22. The number of carbonyl (C=O) groups excluding carboxylic acids is 1. The highest BCUT2D eigenvalue weighted by molar-refractivity contribution is 6.00. The average molecular weight is 202 g/mol. The lowest BCUT2D eigenvalue weighted by atomic mass is 9.96. The SMILES string of the molecule is CCC(C)Cc1ccc2c(c1)C(=O)CC2. The van der Waals surface area contributed by atoms with Crippen LogP contribution >= 0.6 is 0 Å². The quantitative estimate of drug-likeness (QED) is 0.734. The second-order valence-corrected chi connectivity index (χ2v) is 4.63. The van der Waals surface area contributed by atoms with Gasteiger partial charge in [0.1, 0.15) is 0 Å². The zero-order valence-corrected chi connectivity index (χ0v) is 9.55. The molecule has 1 unspecified atom stereocenters. The maximum absolute atomic E-state index is 11.6. The minimum Gasteiger partial charge on any atom is -0.294 e. The Morgan fingerprint density at radius 2 is 2.13 bits per heavy atom. The van der Waals surface area contributed by atoms with Crippen LogP contribution in [0.2, 0.25) is 0 Å². The molecule has 0 spiro atoms. The van der Waals surface area contributed by atoms with E-state index in [0.717, 1.165) is 18.4 Å². The number of hydrogen-bond acceptors (Lipinski definition) is 1. The van der Waals surface area contributed by atoms with E-state index in [2.05, 4.69) is 32.0 Å². The van der Waals surface area contributed by atoms with Crippen molar-refractivity contribution in [1.29, 1.82) is 0 Å². The molecule has 0 bridgehead atoms. The van der Waals surface area contributed by atoms with Crippen molar-refractivity contribution < 1.29 is 4.79 Å². The summed E-state index contributed by atoms with van der Waals surface area (Å²) in [6.07, 6.45) is 3.95. The Hall–Kier alpha value is -1.11. The summed E-state index contributed by atoms with van der Waals surface area (Å²) in [4.78, 5) is 11.6. The van der Waals surface area contributed by atoms with Gasteiger partial charge >= 0.3 is 0 Å². The summed E-state index contributed by atoms with van der Waals surface area (Å²) in [6.45, 7) is 4.47. The standard InChI is InChI=1S/C14H18O/c1-3-10(2)8-11-4-5-12-6-7-14(15)13(12)9-11/h4-5,9-10H,3,6-8H2,1-2H3. The lowest BCUT2D eigenvalue weighted by molar-refractivity contribution is 0.0994. The van der Waals surface area contributed by atoms with Crippen molar-refractivity contribution in [2.24, 2.45) is 5.92 Å². The number of benzene rings is 1. The molecule has 15 heavy (non-hydrogen) atoms. The molecular weight excluding hydrogens is 184 g/mol. The van der Waals surface area contributed by atoms with E-state index in [0.29, 0.717) is 18.1 Å². The van der Waals surface area contributed by atoms with Gasteiger partial charge in [-0.3, -0.25) is 4.79 Å². The lowest BCUT2D eigenvalue weighted by Gasteiger charge is -2.09. The molecule has 0 amide bonds. The van der Waals surface area contributed by atoms with Crippen molar-refractivity contribution >= 4 is 5.78 Å². The van der Waals surface area contributed by atoms with Crippen LogP contribution in [0.5, 0.6) is 0 Å². The van der Waals surface area contributed by atoms with Gasteiger partial charge in [-0.1, -0.05) is 32.4 Å². The zero-order valence-electron chi connectivity index (χ0n) is 9.55. The highest BCUT2D eigenvalue weighted by atomic mass is 16.1. The van der Waals surface area contributed by atoms with E-state index in [1.807, 2.05) is 0 Å². The normalized spacial score (nSPS) is 16.5. The molecule has 80 valence electrons. The number of hydrogen-bond donors (Lipinski definition) is 0. The van der Waals surface area contributed by atoms with Crippen molar-refractivity contribution in [3.05, 3.63) is 34.9 Å². The maximum atomic E-state index is 11.6. The van der Waals surface area contributed by atoms with Crippen LogP contribution < -0.4 is 0 Å². The third kappa shape index (κ3) is 2.11. The fourth-order valence-electron chi connectivity index (χ4n) is 2.16. The molecule has 0 saturated heterocycles. The first-order valence-corrected chi connectivity index (χ1v) is 5.85. The molecule has 0 radical (unpaired) electrons.